The van der Waals surface area contributed by atoms with E-state index in [1.54, 1.807) is 18.4 Å². The van der Waals surface area contributed by atoms with E-state index in [9.17, 15) is 0 Å². The zero-order valence-corrected chi connectivity index (χ0v) is 13.9. The average Bonchev–Trinajstić information content (AvgIpc) is 2.82. The van der Waals surface area contributed by atoms with Gasteiger partial charge in [0.1, 0.15) is 5.75 Å². The predicted molar refractivity (Wildman–Crippen MR) is 85.5 cm³/mol. The Morgan fingerprint density at radius 1 is 1.42 bits per heavy atom. The zero-order valence-electron chi connectivity index (χ0n) is 10.7. The molecule has 2 nitrogen and oxygen atoms in total. The molecule has 1 N–H and O–H groups in total. The van der Waals surface area contributed by atoms with Crippen LogP contribution in [0.2, 0.25) is 5.02 Å². The number of halogens is 2. The van der Waals surface area contributed by atoms with E-state index in [0.717, 1.165) is 32.2 Å². The minimum absolute atomic E-state index is 0.0462. The van der Waals surface area contributed by atoms with Gasteiger partial charge in [0, 0.05) is 14.9 Å². The van der Waals surface area contributed by atoms with Crippen LogP contribution in [0.5, 0.6) is 5.75 Å². The number of nitrogens with one attached hydrogen (secondary N) is 1. The van der Waals surface area contributed by atoms with E-state index in [1.165, 1.54) is 0 Å². The maximum atomic E-state index is 6.27. The molecule has 1 aromatic carbocycles. The van der Waals surface area contributed by atoms with Crippen molar-refractivity contribution in [2.24, 2.45) is 0 Å². The molecule has 0 aliphatic heterocycles. The van der Waals surface area contributed by atoms with Crippen LogP contribution in [-0.4, -0.2) is 13.7 Å². The van der Waals surface area contributed by atoms with E-state index in [0.29, 0.717) is 0 Å². The van der Waals surface area contributed by atoms with Gasteiger partial charge in [0.2, 0.25) is 0 Å². The van der Waals surface area contributed by atoms with Crippen molar-refractivity contribution in [1.82, 2.24) is 5.32 Å². The maximum absolute atomic E-state index is 6.27. The second-order valence-corrected chi connectivity index (χ2v) is 6.28. The predicted octanol–water partition coefficient (Wildman–Crippen LogP) is 4.87. The van der Waals surface area contributed by atoms with Crippen molar-refractivity contribution in [2.75, 3.05) is 13.7 Å². The number of methoxy groups -OCH3 is 1. The van der Waals surface area contributed by atoms with Gasteiger partial charge in [-0.2, -0.15) is 0 Å². The SMILES string of the molecule is CCNC(c1cc(Br)ccc1OC)c1sccc1Cl. The summed E-state index contributed by atoms with van der Waals surface area (Å²) in [5.41, 5.74) is 1.09. The highest BCUT2D eigenvalue weighted by Crippen LogP contribution is 2.37. The molecule has 0 amide bonds. The zero-order chi connectivity index (χ0) is 13.8. The maximum Gasteiger partial charge on any atom is 0.124 e. The highest BCUT2D eigenvalue weighted by molar-refractivity contribution is 9.10. The lowest BCUT2D eigenvalue weighted by Crippen LogP contribution is -2.22. The number of hydrogen-bond acceptors (Lipinski definition) is 3. The first-order valence-electron chi connectivity index (χ1n) is 5.97. The molecule has 0 saturated heterocycles. The number of rotatable bonds is 5. The van der Waals surface area contributed by atoms with Crippen LogP contribution in [0.1, 0.15) is 23.4 Å². The van der Waals surface area contributed by atoms with Crippen LogP contribution >= 0.6 is 38.9 Å². The van der Waals surface area contributed by atoms with Gasteiger partial charge in [-0.05, 0) is 36.2 Å². The fraction of sp³-hybridized carbons (Fsp3) is 0.286. The fourth-order valence-corrected chi connectivity index (χ4v) is 3.63. The number of hydrogen-bond donors (Lipinski definition) is 1. The number of thiophene rings is 1. The van der Waals surface area contributed by atoms with Gasteiger partial charge >= 0.3 is 0 Å². The molecule has 1 heterocycles. The molecule has 1 aromatic heterocycles. The highest BCUT2D eigenvalue weighted by atomic mass is 79.9. The molecular formula is C14H15BrClNOS. The molecule has 0 bridgehead atoms. The molecule has 19 heavy (non-hydrogen) atoms. The first kappa shape index (κ1) is 14.9. The lowest BCUT2D eigenvalue weighted by atomic mass is 10.0. The monoisotopic (exact) mass is 359 g/mol. The van der Waals surface area contributed by atoms with E-state index >= 15 is 0 Å². The second-order valence-electron chi connectivity index (χ2n) is 4.01. The molecule has 0 radical (unpaired) electrons. The van der Waals surface area contributed by atoms with Crippen molar-refractivity contribution in [3.8, 4) is 5.75 Å². The molecule has 0 saturated carbocycles. The fourth-order valence-electron chi connectivity index (χ4n) is 1.99. The van der Waals surface area contributed by atoms with Gasteiger partial charge in [0.05, 0.1) is 18.2 Å². The Hall–Kier alpha value is -0.550. The molecule has 0 aliphatic rings. The third kappa shape index (κ3) is 3.31. The van der Waals surface area contributed by atoms with E-state index in [1.807, 2.05) is 23.6 Å². The van der Waals surface area contributed by atoms with Crippen molar-refractivity contribution in [2.45, 2.75) is 13.0 Å². The Balaban J connectivity index is 2.50. The Morgan fingerprint density at radius 2 is 2.21 bits per heavy atom. The van der Waals surface area contributed by atoms with Crippen LogP contribution in [0.3, 0.4) is 0 Å². The van der Waals surface area contributed by atoms with Gasteiger partial charge in [-0.3, -0.25) is 0 Å². The number of benzene rings is 1. The first-order valence-corrected chi connectivity index (χ1v) is 8.02. The smallest absolute Gasteiger partial charge is 0.124 e. The molecule has 2 rings (SSSR count). The summed E-state index contributed by atoms with van der Waals surface area (Å²) in [5.74, 6) is 0.860. The van der Waals surface area contributed by atoms with E-state index in [2.05, 4.69) is 34.2 Å². The Labute approximate surface area is 130 Å². The Bertz CT molecular complexity index is 558. The molecule has 5 heteroatoms. The Kier molecular flexibility index (Phi) is 5.28. The molecule has 0 aliphatic carbocycles. The van der Waals surface area contributed by atoms with Crippen molar-refractivity contribution >= 4 is 38.9 Å². The van der Waals surface area contributed by atoms with Gasteiger partial charge < -0.3 is 10.1 Å². The van der Waals surface area contributed by atoms with Crippen LogP contribution in [0.4, 0.5) is 0 Å². The molecule has 0 spiro atoms. The third-order valence-electron chi connectivity index (χ3n) is 2.82. The van der Waals surface area contributed by atoms with Crippen molar-refractivity contribution < 1.29 is 4.74 Å². The highest BCUT2D eigenvalue weighted by Gasteiger charge is 2.21. The van der Waals surface area contributed by atoms with Gasteiger partial charge in [-0.15, -0.1) is 11.3 Å². The van der Waals surface area contributed by atoms with E-state index in [-0.39, 0.29) is 6.04 Å². The quantitative estimate of drug-likeness (QED) is 0.821. The van der Waals surface area contributed by atoms with Crippen molar-refractivity contribution in [3.05, 3.63) is 49.6 Å². The second kappa shape index (κ2) is 6.75. The first-order chi connectivity index (χ1) is 9.17. The molecule has 2 aromatic rings. The largest absolute Gasteiger partial charge is 0.496 e. The summed E-state index contributed by atoms with van der Waals surface area (Å²) in [6.45, 7) is 2.94. The summed E-state index contributed by atoms with van der Waals surface area (Å²) in [4.78, 5) is 1.11. The molecule has 0 fully saturated rings. The van der Waals surface area contributed by atoms with Gasteiger partial charge in [-0.1, -0.05) is 34.5 Å². The molecular weight excluding hydrogens is 346 g/mol. The summed E-state index contributed by atoms with van der Waals surface area (Å²) >= 11 is 11.4. The van der Waals surface area contributed by atoms with Gasteiger partial charge in [-0.25, -0.2) is 0 Å². The summed E-state index contributed by atoms with van der Waals surface area (Å²) < 4.78 is 6.49. The number of ether oxygens (including phenoxy) is 1. The Morgan fingerprint density at radius 3 is 2.79 bits per heavy atom. The van der Waals surface area contributed by atoms with Crippen LogP contribution in [-0.2, 0) is 0 Å². The summed E-state index contributed by atoms with van der Waals surface area (Å²) in [6, 6.07) is 7.98. The van der Waals surface area contributed by atoms with E-state index in [4.69, 9.17) is 16.3 Å². The van der Waals surface area contributed by atoms with E-state index < -0.39 is 0 Å². The normalized spacial score (nSPS) is 12.4. The third-order valence-corrected chi connectivity index (χ3v) is 4.73. The topological polar surface area (TPSA) is 21.3 Å². The van der Waals surface area contributed by atoms with Crippen LogP contribution in [0, 0.1) is 0 Å². The average molecular weight is 361 g/mol. The minimum Gasteiger partial charge on any atom is -0.496 e. The molecule has 1 unspecified atom stereocenters. The van der Waals surface area contributed by atoms with Crippen molar-refractivity contribution in [3.63, 3.8) is 0 Å². The van der Waals surface area contributed by atoms with Crippen molar-refractivity contribution in [1.29, 1.82) is 0 Å². The minimum atomic E-state index is 0.0462. The lowest BCUT2D eigenvalue weighted by Gasteiger charge is -2.20. The van der Waals surface area contributed by atoms with Crippen LogP contribution < -0.4 is 10.1 Å². The summed E-state index contributed by atoms with van der Waals surface area (Å²) in [7, 11) is 1.69. The standard InChI is InChI=1S/C14H15BrClNOS/c1-3-17-13(14-11(16)6-7-19-14)10-8-9(15)4-5-12(10)18-2/h4-8,13,17H,3H2,1-2H3. The van der Waals surface area contributed by atoms with Crippen LogP contribution in [0.15, 0.2) is 34.1 Å². The van der Waals surface area contributed by atoms with Crippen LogP contribution in [0.25, 0.3) is 0 Å². The van der Waals surface area contributed by atoms with Gasteiger partial charge in [0.25, 0.3) is 0 Å². The summed E-state index contributed by atoms with van der Waals surface area (Å²) in [6.07, 6.45) is 0. The van der Waals surface area contributed by atoms with Gasteiger partial charge in [0.15, 0.2) is 0 Å². The molecule has 102 valence electrons. The summed E-state index contributed by atoms with van der Waals surface area (Å²) in [5, 5.41) is 6.27. The molecule has 1 atom stereocenters. The lowest BCUT2D eigenvalue weighted by molar-refractivity contribution is 0.404.